The molecule has 2 rings (SSSR count). The number of ether oxygens (including phenoxy) is 1. The van der Waals surface area contributed by atoms with Crippen LogP contribution in [-0.2, 0) is 6.42 Å². The maximum Gasteiger partial charge on any atom is 0.166 e. The normalized spacial score (nSPS) is 10.3. The lowest BCUT2D eigenvalue weighted by Crippen LogP contribution is -2.04. The lowest BCUT2D eigenvalue weighted by atomic mass is 10.0. The molecule has 0 saturated carbocycles. The van der Waals surface area contributed by atoms with E-state index in [1.807, 2.05) is 24.3 Å². The minimum atomic E-state index is -0.645. The fourth-order valence-corrected chi connectivity index (χ4v) is 2.08. The Hall–Kier alpha value is -1.87. The van der Waals surface area contributed by atoms with Crippen LogP contribution in [0.15, 0.2) is 42.5 Å². The fraction of sp³-hybridized carbons (Fsp3) is 0.188. The number of aryl methyl sites for hydroxylation is 1. The van der Waals surface area contributed by atoms with Crippen LogP contribution in [0.2, 0.25) is 5.02 Å². The van der Waals surface area contributed by atoms with E-state index < -0.39 is 5.82 Å². The van der Waals surface area contributed by atoms with Gasteiger partial charge in [0.2, 0.25) is 0 Å². The van der Waals surface area contributed by atoms with Crippen LogP contribution in [-0.4, -0.2) is 12.9 Å². The molecule has 0 heterocycles. The van der Waals surface area contributed by atoms with Gasteiger partial charge in [-0.1, -0.05) is 29.8 Å². The fourth-order valence-electron chi connectivity index (χ4n) is 1.90. The summed E-state index contributed by atoms with van der Waals surface area (Å²) in [5.74, 6) is -0.129. The number of ketones is 1. The predicted molar refractivity (Wildman–Crippen MR) is 77.1 cm³/mol. The number of benzene rings is 2. The van der Waals surface area contributed by atoms with Gasteiger partial charge in [0.15, 0.2) is 11.6 Å². The second-order valence-electron chi connectivity index (χ2n) is 4.37. The van der Waals surface area contributed by atoms with E-state index in [0.29, 0.717) is 6.42 Å². The Bertz CT molecular complexity index is 608. The van der Waals surface area contributed by atoms with Crippen molar-refractivity contribution in [3.63, 3.8) is 0 Å². The molecule has 0 aliphatic rings. The Balaban J connectivity index is 2.02. The second-order valence-corrected chi connectivity index (χ2v) is 4.78. The highest BCUT2D eigenvalue weighted by Gasteiger charge is 2.13. The highest BCUT2D eigenvalue weighted by atomic mass is 35.5. The zero-order chi connectivity index (χ0) is 14.5. The minimum absolute atomic E-state index is 0.0275. The largest absolute Gasteiger partial charge is 0.497 e. The molecule has 0 bridgehead atoms. The monoisotopic (exact) mass is 292 g/mol. The van der Waals surface area contributed by atoms with Crippen LogP contribution in [0.1, 0.15) is 22.3 Å². The summed E-state index contributed by atoms with van der Waals surface area (Å²) < 4.78 is 18.8. The number of carbonyl (C=O) groups is 1. The summed E-state index contributed by atoms with van der Waals surface area (Å²) in [6.07, 6.45) is 0.790. The summed E-state index contributed by atoms with van der Waals surface area (Å²) in [6.45, 7) is 0. The molecule has 0 atom stereocenters. The van der Waals surface area contributed by atoms with E-state index in [4.69, 9.17) is 16.3 Å². The summed E-state index contributed by atoms with van der Waals surface area (Å²) in [6, 6.07) is 11.9. The van der Waals surface area contributed by atoms with E-state index in [9.17, 15) is 9.18 Å². The minimum Gasteiger partial charge on any atom is -0.497 e. The van der Waals surface area contributed by atoms with Crippen LogP contribution in [0, 0.1) is 5.82 Å². The third-order valence-electron chi connectivity index (χ3n) is 3.05. The molecule has 2 aromatic carbocycles. The van der Waals surface area contributed by atoms with Crippen LogP contribution in [0.5, 0.6) is 5.75 Å². The van der Waals surface area contributed by atoms with Crippen molar-refractivity contribution in [2.45, 2.75) is 12.8 Å². The van der Waals surface area contributed by atoms with Crippen LogP contribution in [0.25, 0.3) is 0 Å². The molecule has 0 aromatic heterocycles. The average Bonchev–Trinajstić information content (AvgIpc) is 2.48. The van der Waals surface area contributed by atoms with Gasteiger partial charge in [0.25, 0.3) is 0 Å². The van der Waals surface area contributed by atoms with Crippen molar-refractivity contribution in [2.24, 2.45) is 0 Å². The van der Waals surface area contributed by atoms with Crippen molar-refractivity contribution in [1.82, 2.24) is 0 Å². The molecule has 104 valence electrons. The first kappa shape index (κ1) is 14.5. The number of methoxy groups -OCH3 is 1. The van der Waals surface area contributed by atoms with Gasteiger partial charge in [-0.25, -0.2) is 4.39 Å². The smallest absolute Gasteiger partial charge is 0.166 e. The first-order chi connectivity index (χ1) is 9.61. The van der Waals surface area contributed by atoms with Crippen molar-refractivity contribution in [3.05, 3.63) is 64.4 Å². The number of hydrogen-bond acceptors (Lipinski definition) is 2. The van der Waals surface area contributed by atoms with Gasteiger partial charge in [0.05, 0.1) is 17.7 Å². The molecule has 0 unspecified atom stereocenters. The Morgan fingerprint density at radius 3 is 2.55 bits per heavy atom. The van der Waals surface area contributed by atoms with Crippen LogP contribution >= 0.6 is 11.6 Å². The molecular weight excluding hydrogens is 279 g/mol. The maximum atomic E-state index is 13.7. The highest BCUT2D eigenvalue weighted by molar-refractivity contribution is 6.31. The Morgan fingerprint density at radius 2 is 1.90 bits per heavy atom. The van der Waals surface area contributed by atoms with Crippen molar-refractivity contribution >= 4 is 17.4 Å². The van der Waals surface area contributed by atoms with E-state index in [-0.39, 0.29) is 22.8 Å². The van der Waals surface area contributed by atoms with Crippen LogP contribution in [0.4, 0.5) is 4.39 Å². The summed E-state index contributed by atoms with van der Waals surface area (Å²) in [5.41, 5.74) is 1.05. The molecule has 0 aliphatic carbocycles. The summed E-state index contributed by atoms with van der Waals surface area (Å²) in [4.78, 5) is 12.0. The topological polar surface area (TPSA) is 26.3 Å². The SMILES string of the molecule is COc1ccc(CCC(=O)c2cccc(Cl)c2F)cc1. The number of halogens is 2. The van der Waals surface area contributed by atoms with Crippen molar-refractivity contribution < 1.29 is 13.9 Å². The molecule has 4 heteroatoms. The van der Waals surface area contributed by atoms with Crippen molar-refractivity contribution in [3.8, 4) is 5.75 Å². The van der Waals surface area contributed by atoms with Gasteiger partial charge in [0, 0.05) is 6.42 Å². The molecule has 0 N–H and O–H groups in total. The Labute approximate surface area is 122 Å². The standard InChI is InChI=1S/C16H14ClFO2/c1-20-12-8-5-11(6-9-12)7-10-15(19)13-3-2-4-14(17)16(13)18/h2-6,8-9H,7,10H2,1H3. The van der Waals surface area contributed by atoms with Gasteiger partial charge < -0.3 is 4.74 Å². The molecule has 0 fully saturated rings. The molecule has 2 nitrogen and oxygen atoms in total. The molecule has 0 aliphatic heterocycles. The third kappa shape index (κ3) is 3.36. The van der Waals surface area contributed by atoms with E-state index in [0.717, 1.165) is 11.3 Å². The number of hydrogen-bond donors (Lipinski definition) is 0. The third-order valence-corrected chi connectivity index (χ3v) is 3.34. The Morgan fingerprint density at radius 1 is 1.20 bits per heavy atom. The highest BCUT2D eigenvalue weighted by Crippen LogP contribution is 2.20. The molecule has 0 spiro atoms. The predicted octanol–water partition coefficient (Wildman–Crippen LogP) is 4.30. The molecule has 0 saturated heterocycles. The summed E-state index contributed by atoms with van der Waals surface area (Å²) in [7, 11) is 1.60. The molecule has 20 heavy (non-hydrogen) atoms. The van der Waals surface area contributed by atoms with Gasteiger partial charge >= 0.3 is 0 Å². The van der Waals surface area contributed by atoms with Gasteiger partial charge in [-0.3, -0.25) is 4.79 Å². The first-order valence-electron chi connectivity index (χ1n) is 6.22. The number of carbonyl (C=O) groups excluding carboxylic acids is 1. The van der Waals surface area contributed by atoms with Crippen LogP contribution < -0.4 is 4.74 Å². The average molecular weight is 293 g/mol. The van der Waals surface area contributed by atoms with Crippen molar-refractivity contribution in [1.29, 1.82) is 0 Å². The summed E-state index contributed by atoms with van der Waals surface area (Å²) in [5, 5.41) is -0.0275. The second kappa shape index (κ2) is 6.53. The lowest BCUT2D eigenvalue weighted by Gasteiger charge is -2.05. The van der Waals surface area contributed by atoms with Crippen LogP contribution in [0.3, 0.4) is 0 Å². The quantitative estimate of drug-likeness (QED) is 0.768. The van der Waals surface area contributed by atoms with Gasteiger partial charge in [-0.2, -0.15) is 0 Å². The molecule has 2 aromatic rings. The van der Waals surface area contributed by atoms with Gasteiger partial charge in [-0.05, 0) is 36.2 Å². The maximum absolute atomic E-state index is 13.7. The zero-order valence-corrected chi connectivity index (χ0v) is 11.8. The lowest BCUT2D eigenvalue weighted by molar-refractivity contribution is 0.0979. The number of rotatable bonds is 5. The van der Waals surface area contributed by atoms with Crippen molar-refractivity contribution in [2.75, 3.05) is 7.11 Å². The Kier molecular flexibility index (Phi) is 4.74. The molecule has 0 amide bonds. The van der Waals surface area contributed by atoms with E-state index in [1.165, 1.54) is 12.1 Å². The van der Waals surface area contributed by atoms with Gasteiger partial charge in [0.1, 0.15) is 5.75 Å². The first-order valence-corrected chi connectivity index (χ1v) is 6.59. The zero-order valence-electron chi connectivity index (χ0n) is 11.0. The van der Waals surface area contributed by atoms with E-state index in [2.05, 4.69) is 0 Å². The number of Topliss-reactive ketones (excluding diaryl/α,β-unsaturated/α-hetero) is 1. The molecular formula is C16H14ClFO2. The van der Waals surface area contributed by atoms with Gasteiger partial charge in [-0.15, -0.1) is 0 Å². The summed E-state index contributed by atoms with van der Waals surface area (Å²) >= 11 is 5.67. The van der Waals surface area contributed by atoms with E-state index in [1.54, 1.807) is 13.2 Å². The van der Waals surface area contributed by atoms with E-state index >= 15 is 0 Å². The molecule has 0 radical (unpaired) electrons.